The third-order valence-corrected chi connectivity index (χ3v) is 6.87. The number of nitrogens with zero attached hydrogens (tertiary/aromatic N) is 1. The number of carboxylic acids is 1. The summed E-state index contributed by atoms with van der Waals surface area (Å²) in [5, 5.41) is 16.2. The van der Waals surface area contributed by atoms with Crippen LogP contribution in [-0.4, -0.2) is 34.6 Å². The second-order valence-corrected chi connectivity index (χ2v) is 9.44. The lowest BCUT2D eigenvalue weighted by Gasteiger charge is -2.24. The van der Waals surface area contributed by atoms with Crippen molar-refractivity contribution in [2.24, 2.45) is 5.92 Å². The van der Waals surface area contributed by atoms with Crippen LogP contribution in [0.15, 0.2) is 24.4 Å². The fraction of sp³-hybridized carbons (Fsp3) is 0.500. The van der Waals surface area contributed by atoms with Gasteiger partial charge in [0.1, 0.15) is 6.04 Å². The van der Waals surface area contributed by atoms with Gasteiger partial charge in [-0.15, -0.1) is 11.3 Å². The maximum atomic E-state index is 12.6. The highest BCUT2D eigenvalue weighted by molar-refractivity contribution is 7.14. The van der Waals surface area contributed by atoms with Crippen LogP contribution < -0.4 is 10.6 Å². The summed E-state index contributed by atoms with van der Waals surface area (Å²) in [6.45, 7) is 2.60. The van der Waals surface area contributed by atoms with Crippen LogP contribution in [0.4, 0.5) is 5.69 Å². The minimum atomic E-state index is -0.958. The number of anilines is 1. The van der Waals surface area contributed by atoms with E-state index in [-0.39, 0.29) is 5.91 Å². The minimum absolute atomic E-state index is 0.308. The van der Waals surface area contributed by atoms with Crippen molar-refractivity contribution in [3.05, 3.63) is 44.9 Å². The zero-order chi connectivity index (χ0) is 21.5. The Hall–Kier alpha value is -2.12. The van der Waals surface area contributed by atoms with Gasteiger partial charge in [-0.2, -0.15) is 0 Å². The Kier molecular flexibility index (Phi) is 8.10. The second-order valence-electron chi connectivity index (χ2n) is 7.83. The van der Waals surface area contributed by atoms with Crippen molar-refractivity contribution in [2.45, 2.75) is 57.9 Å². The van der Waals surface area contributed by atoms with Gasteiger partial charge in [0.25, 0.3) is 5.91 Å². The maximum Gasteiger partial charge on any atom is 0.326 e. The highest BCUT2D eigenvalue weighted by Gasteiger charge is 2.26. The molecule has 1 saturated carbocycles. The van der Waals surface area contributed by atoms with Crippen molar-refractivity contribution in [3.63, 3.8) is 0 Å². The number of amides is 1. The second kappa shape index (κ2) is 10.8. The lowest BCUT2D eigenvalue weighted by molar-refractivity contribution is -0.139. The highest BCUT2D eigenvalue weighted by Crippen LogP contribution is 2.28. The van der Waals surface area contributed by atoms with E-state index in [0.717, 1.165) is 48.4 Å². The SMILES string of the molecule is Cc1ncc(Cl)cc1NCCc1ccc(C(=O)N[C@@H](CC2CCCCC2)C(=O)O)s1. The monoisotopic (exact) mass is 449 g/mol. The van der Waals surface area contributed by atoms with Gasteiger partial charge >= 0.3 is 5.97 Å². The zero-order valence-corrected chi connectivity index (χ0v) is 18.7. The highest BCUT2D eigenvalue weighted by atomic mass is 35.5. The summed E-state index contributed by atoms with van der Waals surface area (Å²) in [5.74, 6) is -0.882. The van der Waals surface area contributed by atoms with Gasteiger partial charge in [0.15, 0.2) is 0 Å². The first-order valence-corrected chi connectivity index (χ1v) is 11.6. The molecule has 6 nitrogen and oxygen atoms in total. The van der Waals surface area contributed by atoms with Gasteiger partial charge in [-0.25, -0.2) is 4.79 Å². The summed E-state index contributed by atoms with van der Waals surface area (Å²) in [5.41, 5.74) is 1.77. The van der Waals surface area contributed by atoms with Crippen molar-refractivity contribution in [1.29, 1.82) is 0 Å². The molecular weight excluding hydrogens is 422 g/mol. The Bertz CT molecular complexity index is 880. The first-order valence-electron chi connectivity index (χ1n) is 10.4. The number of carboxylic acid groups (broad SMARTS) is 1. The van der Waals surface area contributed by atoms with Gasteiger partial charge in [0, 0.05) is 17.6 Å². The fourth-order valence-electron chi connectivity index (χ4n) is 3.85. The lowest BCUT2D eigenvalue weighted by atomic mass is 9.85. The van der Waals surface area contributed by atoms with Crippen molar-refractivity contribution in [2.75, 3.05) is 11.9 Å². The number of halogens is 1. The topological polar surface area (TPSA) is 91.3 Å². The van der Waals surface area contributed by atoms with Crippen LogP contribution in [-0.2, 0) is 11.2 Å². The number of carbonyl (C=O) groups is 2. The van der Waals surface area contributed by atoms with E-state index in [2.05, 4.69) is 15.6 Å². The van der Waals surface area contributed by atoms with Gasteiger partial charge < -0.3 is 15.7 Å². The number of aromatic nitrogens is 1. The van der Waals surface area contributed by atoms with Crippen molar-refractivity contribution in [3.8, 4) is 0 Å². The molecule has 30 heavy (non-hydrogen) atoms. The molecule has 1 atom stereocenters. The van der Waals surface area contributed by atoms with Gasteiger partial charge in [0.05, 0.1) is 21.3 Å². The molecule has 0 aromatic carbocycles. The number of aliphatic carboxylic acids is 1. The molecule has 2 heterocycles. The summed E-state index contributed by atoms with van der Waals surface area (Å²) in [4.78, 5) is 30.0. The van der Waals surface area contributed by atoms with Gasteiger partial charge in [-0.3, -0.25) is 9.78 Å². The first kappa shape index (κ1) is 22.6. The number of thiophene rings is 1. The molecule has 0 spiro atoms. The molecule has 2 aromatic heterocycles. The van der Waals surface area contributed by atoms with Crippen LogP contribution in [0, 0.1) is 12.8 Å². The van der Waals surface area contributed by atoms with Crippen molar-refractivity contribution >= 4 is 40.5 Å². The smallest absolute Gasteiger partial charge is 0.326 e. The lowest BCUT2D eigenvalue weighted by Crippen LogP contribution is -2.42. The molecule has 3 N–H and O–H groups in total. The van der Waals surface area contributed by atoms with E-state index in [1.165, 1.54) is 17.8 Å². The predicted octanol–water partition coefficient (Wildman–Crippen LogP) is 4.91. The van der Waals surface area contributed by atoms with Gasteiger partial charge in [-0.05, 0) is 43.9 Å². The predicted molar refractivity (Wildman–Crippen MR) is 121 cm³/mol. The largest absolute Gasteiger partial charge is 0.480 e. The number of nitrogens with one attached hydrogen (secondary N) is 2. The molecule has 1 amide bonds. The zero-order valence-electron chi connectivity index (χ0n) is 17.1. The number of aryl methyl sites for hydroxylation is 1. The van der Waals surface area contributed by atoms with E-state index in [9.17, 15) is 14.7 Å². The summed E-state index contributed by atoms with van der Waals surface area (Å²) >= 11 is 7.39. The van der Waals surface area contributed by atoms with Crippen LogP contribution in [0.2, 0.25) is 5.02 Å². The molecule has 8 heteroatoms. The molecular formula is C22H28ClN3O3S. The quantitative estimate of drug-likeness (QED) is 0.505. The summed E-state index contributed by atoms with van der Waals surface area (Å²) in [6.07, 6.45) is 8.50. The molecule has 3 rings (SSSR count). The molecule has 1 aliphatic carbocycles. The Balaban J connectivity index is 1.51. The molecule has 2 aromatic rings. The molecule has 0 bridgehead atoms. The molecule has 1 fully saturated rings. The average molecular weight is 450 g/mol. The van der Waals surface area contributed by atoms with Gasteiger partial charge in [0.2, 0.25) is 0 Å². The molecule has 0 unspecified atom stereocenters. The minimum Gasteiger partial charge on any atom is -0.480 e. The summed E-state index contributed by atoms with van der Waals surface area (Å²) in [6, 6.07) is 4.70. The van der Waals surface area contributed by atoms with Crippen LogP contribution in [0.1, 0.15) is 58.8 Å². The van der Waals surface area contributed by atoms with Gasteiger partial charge in [-0.1, -0.05) is 43.7 Å². The Morgan fingerprint density at radius 1 is 1.30 bits per heavy atom. The van der Waals surface area contributed by atoms with Crippen LogP contribution in [0.25, 0.3) is 0 Å². The fourth-order valence-corrected chi connectivity index (χ4v) is 4.92. The number of hydrogen-bond acceptors (Lipinski definition) is 5. The van der Waals surface area contributed by atoms with E-state index < -0.39 is 12.0 Å². The number of hydrogen-bond donors (Lipinski definition) is 3. The molecule has 1 aliphatic rings. The van der Waals surface area contributed by atoms with E-state index in [1.54, 1.807) is 12.3 Å². The number of pyridine rings is 1. The van der Waals surface area contributed by atoms with E-state index in [4.69, 9.17) is 11.6 Å². The Morgan fingerprint density at radius 2 is 2.07 bits per heavy atom. The molecule has 0 saturated heterocycles. The summed E-state index contributed by atoms with van der Waals surface area (Å²) in [7, 11) is 0. The summed E-state index contributed by atoms with van der Waals surface area (Å²) < 4.78 is 0. The molecule has 162 valence electrons. The third-order valence-electron chi connectivity index (χ3n) is 5.52. The number of rotatable bonds is 9. The van der Waals surface area contributed by atoms with E-state index in [0.29, 0.717) is 28.8 Å². The standard InChI is InChI=1S/C22H28ClN3O3S/c1-14-18(12-16(23)13-25-14)24-10-9-17-7-8-20(30-17)21(27)26-19(22(28)29)11-15-5-3-2-4-6-15/h7-8,12-13,15,19,24H,2-6,9-11H2,1H3,(H,26,27)(H,28,29)/t19-/m0/s1. The average Bonchev–Trinajstić information content (AvgIpc) is 3.20. The maximum absolute atomic E-state index is 12.6. The van der Waals surface area contributed by atoms with Crippen molar-refractivity contribution < 1.29 is 14.7 Å². The van der Waals surface area contributed by atoms with Crippen LogP contribution in [0.3, 0.4) is 0 Å². The Morgan fingerprint density at radius 3 is 2.80 bits per heavy atom. The molecule has 0 aliphatic heterocycles. The first-order chi connectivity index (χ1) is 14.4. The van der Waals surface area contributed by atoms with Crippen molar-refractivity contribution in [1.82, 2.24) is 10.3 Å². The number of carbonyl (C=O) groups excluding carboxylic acids is 1. The van der Waals surface area contributed by atoms with E-state index in [1.807, 2.05) is 19.1 Å². The molecule has 0 radical (unpaired) electrons. The van der Waals surface area contributed by atoms with Crippen LogP contribution in [0.5, 0.6) is 0 Å². The Labute approximate surface area is 186 Å². The normalized spacial score (nSPS) is 15.5. The third kappa shape index (κ3) is 6.44. The van der Waals surface area contributed by atoms with E-state index >= 15 is 0 Å². The van der Waals surface area contributed by atoms with Crippen LogP contribution >= 0.6 is 22.9 Å².